The molecule has 1 heterocycles. The van der Waals surface area contributed by atoms with E-state index in [2.05, 4.69) is 42.2 Å². The molecule has 1 aromatic heterocycles. The first-order valence-electron chi connectivity index (χ1n) is 8.77. The standard InChI is InChI=1S/C22H24N2O/c1-2-18-13-19(10-11-22(18)23)20-14-21(16-24-15-20)25-12-6-9-17-7-4-3-5-8-17/h3-5,7-8,10-11,13-16H,2,6,9,12,23H2,1H3. The largest absolute Gasteiger partial charge is 0.492 e. The van der Waals surface area contributed by atoms with Gasteiger partial charge in [-0.3, -0.25) is 4.98 Å². The summed E-state index contributed by atoms with van der Waals surface area (Å²) in [5, 5.41) is 0. The Morgan fingerprint density at radius 3 is 2.60 bits per heavy atom. The van der Waals surface area contributed by atoms with E-state index in [1.165, 1.54) is 5.56 Å². The summed E-state index contributed by atoms with van der Waals surface area (Å²) in [5.74, 6) is 0.806. The minimum Gasteiger partial charge on any atom is -0.492 e. The summed E-state index contributed by atoms with van der Waals surface area (Å²) in [7, 11) is 0. The molecule has 0 atom stereocenters. The van der Waals surface area contributed by atoms with E-state index in [4.69, 9.17) is 10.5 Å². The number of rotatable bonds is 7. The molecule has 3 nitrogen and oxygen atoms in total. The van der Waals surface area contributed by atoms with Crippen molar-refractivity contribution in [1.82, 2.24) is 4.98 Å². The highest BCUT2D eigenvalue weighted by Gasteiger charge is 2.04. The molecule has 0 radical (unpaired) electrons. The van der Waals surface area contributed by atoms with Crippen LogP contribution < -0.4 is 10.5 Å². The minimum absolute atomic E-state index is 0.683. The lowest BCUT2D eigenvalue weighted by Gasteiger charge is -2.10. The summed E-state index contributed by atoms with van der Waals surface area (Å²) < 4.78 is 5.88. The van der Waals surface area contributed by atoms with Gasteiger partial charge in [0.25, 0.3) is 0 Å². The number of nitrogens with zero attached hydrogens (tertiary/aromatic N) is 1. The number of aromatic nitrogens is 1. The first-order valence-corrected chi connectivity index (χ1v) is 8.77. The van der Waals surface area contributed by atoms with E-state index in [9.17, 15) is 0 Å². The molecule has 3 aromatic rings. The number of benzene rings is 2. The molecule has 0 saturated carbocycles. The van der Waals surface area contributed by atoms with Crippen molar-refractivity contribution in [3.8, 4) is 16.9 Å². The zero-order valence-corrected chi connectivity index (χ0v) is 14.6. The maximum absolute atomic E-state index is 6.00. The average molecular weight is 332 g/mol. The van der Waals surface area contributed by atoms with Crippen molar-refractivity contribution in [2.45, 2.75) is 26.2 Å². The molecule has 2 aromatic carbocycles. The smallest absolute Gasteiger partial charge is 0.138 e. The third kappa shape index (κ3) is 4.60. The first kappa shape index (κ1) is 17.0. The monoisotopic (exact) mass is 332 g/mol. The Morgan fingerprint density at radius 1 is 0.960 bits per heavy atom. The van der Waals surface area contributed by atoms with Gasteiger partial charge in [-0.15, -0.1) is 0 Å². The number of anilines is 1. The van der Waals surface area contributed by atoms with E-state index < -0.39 is 0 Å². The van der Waals surface area contributed by atoms with E-state index in [0.29, 0.717) is 6.61 Å². The average Bonchev–Trinajstić information content (AvgIpc) is 2.67. The molecule has 0 bridgehead atoms. The van der Waals surface area contributed by atoms with Crippen LogP contribution in [0, 0.1) is 0 Å². The van der Waals surface area contributed by atoms with Gasteiger partial charge in [0.2, 0.25) is 0 Å². The fourth-order valence-electron chi connectivity index (χ4n) is 2.86. The number of nitrogens with two attached hydrogens (primary N) is 1. The maximum atomic E-state index is 6.00. The zero-order chi connectivity index (χ0) is 17.5. The van der Waals surface area contributed by atoms with Gasteiger partial charge in [-0.1, -0.05) is 43.3 Å². The third-order valence-electron chi connectivity index (χ3n) is 4.29. The second-order valence-electron chi connectivity index (χ2n) is 6.11. The van der Waals surface area contributed by atoms with Crippen molar-refractivity contribution in [2.75, 3.05) is 12.3 Å². The lowest BCUT2D eigenvalue weighted by atomic mass is 10.0. The summed E-state index contributed by atoms with van der Waals surface area (Å²) in [6, 6.07) is 18.6. The molecule has 0 aliphatic rings. The fraction of sp³-hybridized carbons (Fsp3) is 0.227. The molecule has 0 spiro atoms. The molecule has 25 heavy (non-hydrogen) atoms. The summed E-state index contributed by atoms with van der Waals surface area (Å²) in [4.78, 5) is 4.32. The Hall–Kier alpha value is -2.81. The molecule has 0 amide bonds. The van der Waals surface area contributed by atoms with Gasteiger partial charge in [0.15, 0.2) is 0 Å². The van der Waals surface area contributed by atoms with Gasteiger partial charge in [-0.05, 0) is 54.2 Å². The normalized spacial score (nSPS) is 10.6. The second kappa shape index (κ2) is 8.34. The topological polar surface area (TPSA) is 48.1 Å². The van der Waals surface area contributed by atoms with E-state index in [1.54, 1.807) is 6.20 Å². The van der Waals surface area contributed by atoms with Gasteiger partial charge in [0.1, 0.15) is 5.75 Å². The number of nitrogen functional groups attached to an aromatic ring is 1. The predicted octanol–water partition coefficient (Wildman–Crippen LogP) is 4.90. The zero-order valence-electron chi connectivity index (χ0n) is 14.6. The van der Waals surface area contributed by atoms with E-state index in [-0.39, 0.29) is 0 Å². The Morgan fingerprint density at radius 2 is 1.80 bits per heavy atom. The van der Waals surface area contributed by atoms with Crippen LogP contribution in [0.5, 0.6) is 5.75 Å². The van der Waals surface area contributed by atoms with Gasteiger partial charge in [-0.25, -0.2) is 0 Å². The van der Waals surface area contributed by atoms with E-state index in [0.717, 1.165) is 47.4 Å². The molecule has 2 N–H and O–H groups in total. The van der Waals surface area contributed by atoms with Crippen LogP contribution in [0.1, 0.15) is 24.5 Å². The molecular weight excluding hydrogens is 308 g/mol. The third-order valence-corrected chi connectivity index (χ3v) is 4.29. The molecule has 0 fully saturated rings. The minimum atomic E-state index is 0.683. The molecule has 0 saturated heterocycles. The molecular formula is C22H24N2O. The lowest BCUT2D eigenvalue weighted by Crippen LogP contribution is -2.00. The Kier molecular flexibility index (Phi) is 5.68. The van der Waals surface area contributed by atoms with E-state index in [1.807, 2.05) is 30.5 Å². The van der Waals surface area contributed by atoms with Crippen LogP contribution in [0.2, 0.25) is 0 Å². The molecule has 128 valence electrons. The van der Waals surface area contributed by atoms with Gasteiger partial charge < -0.3 is 10.5 Å². The molecule has 0 aliphatic carbocycles. The van der Waals surface area contributed by atoms with Crippen LogP contribution in [-0.2, 0) is 12.8 Å². The summed E-state index contributed by atoms with van der Waals surface area (Å²) in [5.41, 5.74) is 11.5. The van der Waals surface area contributed by atoms with Crippen LogP contribution in [0.15, 0.2) is 67.0 Å². The SMILES string of the molecule is CCc1cc(-c2cncc(OCCCc3ccccc3)c2)ccc1N. The number of hydrogen-bond acceptors (Lipinski definition) is 3. The quantitative estimate of drug-likeness (QED) is 0.494. The number of aryl methyl sites for hydroxylation is 2. The number of ether oxygens (including phenoxy) is 1. The number of hydrogen-bond donors (Lipinski definition) is 1. The summed E-state index contributed by atoms with van der Waals surface area (Å²) in [6.45, 7) is 2.79. The van der Waals surface area contributed by atoms with Crippen LogP contribution in [-0.4, -0.2) is 11.6 Å². The van der Waals surface area contributed by atoms with Gasteiger partial charge in [0, 0.05) is 17.4 Å². The van der Waals surface area contributed by atoms with Crippen LogP contribution in [0.4, 0.5) is 5.69 Å². The molecule has 3 heteroatoms. The van der Waals surface area contributed by atoms with Crippen molar-refractivity contribution in [1.29, 1.82) is 0 Å². The highest BCUT2D eigenvalue weighted by Crippen LogP contribution is 2.26. The van der Waals surface area contributed by atoms with Crippen molar-refractivity contribution in [3.63, 3.8) is 0 Å². The fourth-order valence-corrected chi connectivity index (χ4v) is 2.86. The highest BCUT2D eigenvalue weighted by atomic mass is 16.5. The van der Waals surface area contributed by atoms with Gasteiger partial charge >= 0.3 is 0 Å². The van der Waals surface area contributed by atoms with Crippen molar-refractivity contribution in [2.24, 2.45) is 0 Å². The van der Waals surface area contributed by atoms with Crippen LogP contribution in [0.25, 0.3) is 11.1 Å². The Labute approximate surface area is 149 Å². The summed E-state index contributed by atoms with van der Waals surface area (Å²) in [6.07, 6.45) is 6.55. The lowest BCUT2D eigenvalue weighted by molar-refractivity contribution is 0.310. The summed E-state index contributed by atoms with van der Waals surface area (Å²) >= 11 is 0. The Balaban J connectivity index is 1.61. The first-order chi connectivity index (χ1) is 12.3. The number of pyridine rings is 1. The van der Waals surface area contributed by atoms with Crippen molar-refractivity contribution < 1.29 is 4.74 Å². The Bertz CT molecular complexity index is 815. The van der Waals surface area contributed by atoms with Gasteiger partial charge in [0.05, 0.1) is 12.8 Å². The van der Waals surface area contributed by atoms with Crippen molar-refractivity contribution in [3.05, 3.63) is 78.1 Å². The molecule has 3 rings (SSSR count). The highest BCUT2D eigenvalue weighted by molar-refractivity contribution is 5.68. The van der Waals surface area contributed by atoms with Crippen LogP contribution in [0.3, 0.4) is 0 Å². The van der Waals surface area contributed by atoms with Crippen molar-refractivity contribution >= 4 is 5.69 Å². The second-order valence-corrected chi connectivity index (χ2v) is 6.11. The predicted molar refractivity (Wildman–Crippen MR) is 104 cm³/mol. The molecule has 0 unspecified atom stereocenters. The maximum Gasteiger partial charge on any atom is 0.138 e. The van der Waals surface area contributed by atoms with E-state index >= 15 is 0 Å². The molecule has 0 aliphatic heterocycles. The van der Waals surface area contributed by atoms with Gasteiger partial charge in [-0.2, -0.15) is 0 Å². The van der Waals surface area contributed by atoms with Crippen LogP contribution >= 0.6 is 0 Å².